The summed E-state index contributed by atoms with van der Waals surface area (Å²) in [7, 11) is 1.67. The molecule has 0 saturated heterocycles. The lowest BCUT2D eigenvalue weighted by Gasteiger charge is -2.23. The molecule has 0 spiro atoms. The smallest absolute Gasteiger partial charge is 0.177 e. The van der Waals surface area contributed by atoms with Gasteiger partial charge in [0.05, 0.1) is 12.8 Å². The Labute approximate surface area is 169 Å². The Morgan fingerprint density at radius 2 is 2.04 bits per heavy atom. The van der Waals surface area contributed by atoms with Crippen LogP contribution in [0.2, 0.25) is 0 Å². The summed E-state index contributed by atoms with van der Waals surface area (Å²) in [5.41, 5.74) is 2.79. The highest BCUT2D eigenvalue weighted by Gasteiger charge is 2.28. The van der Waals surface area contributed by atoms with Gasteiger partial charge in [-0.3, -0.25) is 0 Å². The number of ether oxygens (including phenoxy) is 1. The third kappa shape index (κ3) is 3.29. The fourth-order valence-electron chi connectivity index (χ4n) is 3.71. The first-order valence-corrected chi connectivity index (χ1v) is 10.5. The number of thioether (sulfide) groups is 1. The number of hydrogen-bond acceptors (Lipinski definition) is 6. The van der Waals surface area contributed by atoms with Crippen molar-refractivity contribution in [3.05, 3.63) is 51.9 Å². The van der Waals surface area contributed by atoms with Crippen molar-refractivity contribution < 1.29 is 4.74 Å². The lowest BCUT2D eigenvalue weighted by atomic mass is 10.1. The van der Waals surface area contributed by atoms with Crippen LogP contribution in [0.4, 0.5) is 0 Å². The Hall–Kier alpha value is -2.72. The average Bonchev–Trinajstić information content (AvgIpc) is 3.26. The molecule has 0 amide bonds. The minimum absolute atomic E-state index is 0.604. The molecule has 0 radical (unpaired) electrons. The second-order valence-electron chi connectivity index (χ2n) is 6.79. The summed E-state index contributed by atoms with van der Waals surface area (Å²) in [6.07, 6.45) is 4.36. The Morgan fingerprint density at radius 1 is 1.21 bits per heavy atom. The number of fused-ring (bicyclic) bond motifs is 1. The van der Waals surface area contributed by atoms with E-state index in [1.807, 2.05) is 24.3 Å². The van der Waals surface area contributed by atoms with Gasteiger partial charge in [-0.1, -0.05) is 18.2 Å². The van der Waals surface area contributed by atoms with E-state index in [9.17, 15) is 5.26 Å². The predicted molar refractivity (Wildman–Crippen MR) is 111 cm³/mol. The number of aryl methyl sites for hydroxylation is 1. The van der Waals surface area contributed by atoms with Gasteiger partial charge in [0, 0.05) is 24.9 Å². The van der Waals surface area contributed by atoms with Gasteiger partial charge in [0.15, 0.2) is 5.82 Å². The summed E-state index contributed by atoms with van der Waals surface area (Å²) in [5.74, 6) is 2.53. The van der Waals surface area contributed by atoms with Crippen molar-refractivity contribution in [2.45, 2.75) is 39.2 Å². The minimum atomic E-state index is 0.604. The van der Waals surface area contributed by atoms with Crippen LogP contribution >= 0.6 is 11.8 Å². The molecule has 4 rings (SSSR count). The molecule has 2 aliphatic heterocycles. The molecule has 3 heterocycles. The first-order valence-electron chi connectivity index (χ1n) is 9.62. The van der Waals surface area contributed by atoms with Gasteiger partial charge in [-0.05, 0) is 49.6 Å². The van der Waals surface area contributed by atoms with E-state index in [-0.39, 0.29) is 0 Å². The largest absolute Gasteiger partial charge is 0.497 e. The molecule has 6 nitrogen and oxygen atoms in total. The molecular formula is C21H23N5OS. The number of rotatable bonds is 4. The molecule has 0 bridgehead atoms. The standard InChI is InChI=1S/C21H23N5OS/c1-3-25-18(15-8-10-16(27-2)11-9-15)14-28-21(25)17(13-22)20-24-23-19-7-5-4-6-12-26(19)20/h8-11,14H,3-7,12H2,1-2H3/b21-17-. The van der Waals surface area contributed by atoms with Crippen LogP contribution in [0, 0.1) is 11.3 Å². The van der Waals surface area contributed by atoms with E-state index in [4.69, 9.17) is 4.74 Å². The van der Waals surface area contributed by atoms with Crippen molar-refractivity contribution >= 4 is 23.0 Å². The van der Waals surface area contributed by atoms with Crippen LogP contribution in [-0.4, -0.2) is 33.3 Å². The predicted octanol–water partition coefficient (Wildman–Crippen LogP) is 4.27. The summed E-state index contributed by atoms with van der Waals surface area (Å²) in [6.45, 7) is 3.75. The van der Waals surface area contributed by atoms with E-state index in [1.54, 1.807) is 18.9 Å². The highest BCUT2D eigenvalue weighted by molar-refractivity contribution is 8.06. The van der Waals surface area contributed by atoms with Gasteiger partial charge in [0.25, 0.3) is 0 Å². The van der Waals surface area contributed by atoms with E-state index in [0.29, 0.717) is 11.4 Å². The molecule has 0 unspecified atom stereocenters. The maximum absolute atomic E-state index is 10.00. The molecule has 0 aliphatic carbocycles. The normalized spacial score (nSPS) is 18.2. The molecule has 144 valence electrons. The second-order valence-corrected chi connectivity index (χ2v) is 7.65. The van der Waals surface area contributed by atoms with Gasteiger partial charge in [-0.2, -0.15) is 5.26 Å². The van der Waals surface area contributed by atoms with Crippen molar-refractivity contribution in [2.24, 2.45) is 0 Å². The quantitative estimate of drug-likeness (QED) is 0.723. The fraction of sp³-hybridized carbons (Fsp3) is 0.381. The Balaban J connectivity index is 1.72. The van der Waals surface area contributed by atoms with Crippen LogP contribution in [0.1, 0.15) is 43.4 Å². The Bertz CT molecular complexity index is 968. The van der Waals surface area contributed by atoms with Crippen molar-refractivity contribution in [1.82, 2.24) is 19.7 Å². The molecule has 0 saturated carbocycles. The zero-order chi connectivity index (χ0) is 19.5. The molecule has 0 atom stereocenters. The van der Waals surface area contributed by atoms with Gasteiger partial charge in [-0.25, -0.2) is 0 Å². The van der Waals surface area contributed by atoms with Gasteiger partial charge in [0.1, 0.15) is 28.2 Å². The first kappa shape index (κ1) is 18.6. The Morgan fingerprint density at radius 3 is 2.75 bits per heavy atom. The zero-order valence-corrected chi connectivity index (χ0v) is 17.0. The number of nitrogens with zero attached hydrogens (tertiary/aromatic N) is 5. The summed E-state index contributed by atoms with van der Waals surface area (Å²) < 4.78 is 7.40. The maximum atomic E-state index is 10.00. The topological polar surface area (TPSA) is 67.0 Å². The average molecular weight is 394 g/mol. The molecule has 28 heavy (non-hydrogen) atoms. The molecule has 1 aromatic carbocycles. The van der Waals surface area contributed by atoms with E-state index in [2.05, 4.69) is 38.1 Å². The van der Waals surface area contributed by atoms with E-state index in [1.165, 1.54) is 6.42 Å². The van der Waals surface area contributed by atoms with E-state index in [0.717, 1.165) is 60.2 Å². The van der Waals surface area contributed by atoms with Gasteiger partial charge in [-0.15, -0.1) is 10.2 Å². The Kier molecular flexibility index (Phi) is 5.40. The lowest BCUT2D eigenvalue weighted by molar-refractivity contribution is 0.414. The van der Waals surface area contributed by atoms with Crippen molar-refractivity contribution in [2.75, 3.05) is 13.7 Å². The highest BCUT2D eigenvalue weighted by Crippen LogP contribution is 2.43. The van der Waals surface area contributed by atoms with Crippen LogP contribution in [0.15, 0.2) is 34.7 Å². The van der Waals surface area contributed by atoms with Crippen LogP contribution in [0.25, 0.3) is 11.3 Å². The zero-order valence-electron chi connectivity index (χ0n) is 16.2. The first-order chi connectivity index (χ1) is 13.8. The number of methoxy groups -OCH3 is 1. The van der Waals surface area contributed by atoms with Gasteiger partial charge in [0.2, 0.25) is 0 Å². The molecule has 2 aromatic rings. The summed E-state index contributed by atoms with van der Waals surface area (Å²) in [6, 6.07) is 10.4. The number of nitriles is 1. The third-order valence-corrected chi connectivity index (χ3v) is 6.17. The monoisotopic (exact) mass is 393 g/mol. The number of hydrogen-bond donors (Lipinski definition) is 0. The van der Waals surface area contributed by atoms with E-state index >= 15 is 0 Å². The summed E-state index contributed by atoms with van der Waals surface area (Å²) in [4.78, 5) is 2.18. The number of aromatic nitrogens is 3. The molecule has 1 aromatic heterocycles. The molecule has 0 N–H and O–H groups in total. The highest BCUT2D eigenvalue weighted by atomic mass is 32.2. The van der Waals surface area contributed by atoms with E-state index < -0.39 is 0 Å². The molecular weight excluding hydrogens is 370 g/mol. The second kappa shape index (κ2) is 8.11. The SMILES string of the molecule is CCN1C(c2ccc(OC)cc2)=CS/C1=C(/C#N)c1nnc2n1CCCCC2. The van der Waals surface area contributed by atoms with Crippen LogP contribution in [-0.2, 0) is 13.0 Å². The van der Waals surface area contributed by atoms with Crippen LogP contribution in [0.3, 0.4) is 0 Å². The van der Waals surface area contributed by atoms with Crippen LogP contribution < -0.4 is 4.74 Å². The van der Waals surface area contributed by atoms with Gasteiger partial charge < -0.3 is 14.2 Å². The van der Waals surface area contributed by atoms with Crippen LogP contribution in [0.5, 0.6) is 5.75 Å². The van der Waals surface area contributed by atoms with Gasteiger partial charge >= 0.3 is 0 Å². The number of benzene rings is 1. The van der Waals surface area contributed by atoms with Crippen molar-refractivity contribution in [1.29, 1.82) is 5.26 Å². The molecule has 0 fully saturated rings. The third-order valence-electron chi connectivity index (χ3n) is 5.18. The van der Waals surface area contributed by atoms with Crippen molar-refractivity contribution in [3.8, 4) is 11.8 Å². The summed E-state index contributed by atoms with van der Waals surface area (Å²) >= 11 is 1.58. The molecule has 7 heteroatoms. The van der Waals surface area contributed by atoms with Crippen molar-refractivity contribution in [3.63, 3.8) is 0 Å². The molecule has 2 aliphatic rings. The fourth-order valence-corrected chi connectivity index (χ4v) is 4.80. The number of allylic oxidation sites excluding steroid dienone is 1. The summed E-state index contributed by atoms with van der Waals surface area (Å²) in [5, 5.41) is 21.8. The maximum Gasteiger partial charge on any atom is 0.177 e. The minimum Gasteiger partial charge on any atom is -0.497 e. The lowest BCUT2D eigenvalue weighted by Crippen LogP contribution is -2.18.